The molecule has 2 bridgehead atoms. The Labute approximate surface area is 186 Å². The first-order valence-electron chi connectivity index (χ1n) is 11.9. The van der Waals surface area contributed by atoms with E-state index in [4.69, 9.17) is 4.74 Å². The lowest BCUT2D eigenvalue weighted by atomic mass is 9.74. The van der Waals surface area contributed by atoms with Crippen LogP contribution in [0.15, 0.2) is 54.6 Å². The van der Waals surface area contributed by atoms with Crippen LogP contribution in [0.2, 0.25) is 0 Å². The number of hydrogen-bond donors (Lipinski definition) is 0. The van der Waals surface area contributed by atoms with Gasteiger partial charge in [0.2, 0.25) is 0 Å². The maximum atomic E-state index is 11.6. The van der Waals surface area contributed by atoms with E-state index in [-0.39, 0.29) is 10.6 Å². The van der Waals surface area contributed by atoms with Crippen molar-refractivity contribution < 1.29 is 9.66 Å². The summed E-state index contributed by atoms with van der Waals surface area (Å²) in [4.78, 5) is 11.3. The highest BCUT2D eigenvalue weighted by Gasteiger charge is 2.70. The van der Waals surface area contributed by atoms with E-state index in [1.54, 1.807) is 6.07 Å². The Morgan fingerprint density at radius 3 is 2.66 bits per heavy atom. The van der Waals surface area contributed by atoms with Gasteiger partial charge in [-0.3, -0.25) is 10.1 Å². The lowest BCUT2D eigenvalue weighted by Crippen LogP contribution is -2.23. The van der Waals surface area contributed by atoms with E-state index < -0.39 is 0 Å². The van der Waals surface area contributed by atoms with Gasteiger partial charge in [-0.25, -0.2) is 0 Å². The second kappa shape index (κ2) is 5.87. The topological polar surface area (TPSA) is 55.7 Å². The number of epoxide rings is 1. The predicted molar refractivity (Wildman–Crippen MR) is 123 cm³/mol. The molecule has 32 heavy (non-hydrogen) atoms. The predicted octanol–water partition coefficient (Wildman–Crippen LogP) is 6.13. The summed E-state index contributed by atoms with van der Waals surface area (Å²) in [7, 11) is 0. The van der Waals surface area contributed by atoms with Gasteiger partial charge in [0.05, 0.1) is 17.1 Å². The molecule has 3 fully saturated rings. The van der Waals surface area contributed by atoms with Crippen molar-refractivity contribution in [2.24, 2.45) is 17.8 Å². The van der Waals surface area contributed by atoms with Crippen LogP contribution in [0.25, 0.3) is 21.9 Å². The Balaban J connectivity index is 1.44. The summed E-state index contributed by atoms with van der Waals surface area (Å²) < 4.78 is 6.09. The van der Waals surface area contributed by atoms with Crippen LogP contribution in [0.4, 0.5) is 5.69 Å². The Hall–Kier alpha value is -2.98. The summed E-state index contributed by atoms with van der Waals surface area (Å²) in [6.45, 7) is 0. The molecular formula is C28H23NO3. The molecule has 1 aliphatic heterocycles. The Bertz CT molecular complexity index is 1390. The number of benzene rings is 3. The van der Waals surface area contributed by atoms with Gasteiger partial charge in [-0.15, -0.1) is 0 Å². The van der Waals surface area contributed by atoms with Crippen molar-refractivity contribution in [1.29, 1.82) is 0 Å². The molecule has 2 saturated carbocycles. The number of nitro benzene ring substituents is 1. The Morgan fingerprint density at radius 1 is 0.938 bits per heavy atom. The van der Waals surface area contributed by atoms with Crippen molar-refractivity contribution in [3.8, 4) is 0 Å². The summed E-state index contributed by atoms with van der Waals surface area (Å²) >= 11 is 0. The minimum atomic E-state index is -0.243. The molecule has 4 aliphatic carbocycles. The molecule has 5 aliphatic rings. The molecule has 8 rings (SSSR count). The molecule has 0 spiro atoms. The van der Waals surface area contributed by atoms with Crippen molar-refractivity contribution in [2.75, 3.05) is 0 Å². The van der Waals surface area contributed by atoms with E-state index in [9.17, 15) is 10.1 Å². The molecule has 1 saturated heterocycles. The van der Waals surface area contributed by atoms with Gasteiger partial charge in [-0.2, -0.15) is 0 Å². The van der Waals surface area contributed by atoms with Gasteiger partial charge in [-0.1, -0.05) is 36.4 Å². The maximum absolute atomic E-state index is 11.6. The normalized spacial score (nSPS) is 35.4. The molecule has 0 aromatic heterocycles. The zero-order chi connectivity index (χ0) is 21.1. The lowest BCUT2D eigenvalue weighted by molar-refractivity contribution is -0.384. The van der Waals surface area contributed by atoms with Crippen LogP contribution in [-0.2, 0) is 11.2 Å². The van der Waals surface area contributed by atoms with E-state index in [2.05, 4.69) is 42.5 Å². The zero-order valence-electron chi connectivity index (χ0n) is 17.7. The third-order valence-electron chi connectivity index (χ3n) is 9.00. The number of allylic oxidation sites excluding steroid dienone is 2. The molecule has 4 nitrogen and oxygen atoms in total. The Morgan fingerprint density at radius 2 is 1.78 bits per heavy atom. The Kier molecular flexibility index (Phi) is 3.22. The lowest BCUT2D eigenvalue weighted by Gasteiger charge is -2.29. The van der Waals surface area contributed by atoms with Crippen LogP contribution in [0.3, 0.4) is 0 Å². The van der Waals surface area contributed by atoms with E-state index >= 15 is 0 Å². The van der Waals surface area contributed by atoms with Crippen LogP contribution in [0.5, 0.6) is 0 Å². The van der Waals surface area contributed by atoms with Crippen LogP contribution in [-0.4, -0.2) is 17.1 Å². The largest absolute Gasteiger partial charge is 0.369 e. The fraction of sp³-hybridized carbons (Fsp3) is 0.357. The fourth-order valence-electron chi connectivity index (χ4n) is 7.92. The fourth-order valence-corrected chi connectivity index (χ4v) is 7.92. The summed E-state index contributed by atoms with van der Waals surface area (Å²) in [6, 6.07) is 19.0. The average Bonchev–Trinajstić information content (AvgIpc) is 3.28. The third-order valence-corrected chi connectivity index (χ3v) is 9.00. The molecule has 0 amide bonds. The van der Waals surface area contributed by atoms with Crippen molar-refractivity contribution in [2.45, 2.75) is 43.8 Å². The second-order valence-corrected chi connectivity index (χ2v) is 10.3. The first-order chi connectivity index (χ1) is 15.7. The SMILES string of the molecule is O=[N+]([O-])c1ccc2c(c1)C1C(/C2=C2\CCCc3ccc4ccccc4c32)[C@H]2C[C@@H]1[C@H]1O[C@H]12. The second-order valence-electron chi connectivity index (χ2n) is 10.3. The van der Waals surface area contributed by atoms with Gasteiger partial charge in [0, 0.05) is 12.1 Å². The van der Waals surface area contributed by atoms with Crippen LogP contribution in [0, 0.1) is 27.9 Å². The minimum Gasteiger partial charge on any atom is -0.369 e. The van der Waals surface area contributed by atoms with E-state index in [1.165, 1.54) is 57.0 Å². The number of aryl methyl sites for hydroxylation is 1. The van der Waals surface area contributed by atoms with Gasteiger partial charge < -0.3 is 4.74 Å². The van der Waals surface area contributed by atoms with E-state index in [0.29, 0.717) is 35.9 Å². The number of nitrogens with zero attached hydrogens (tertiary/aromatic N) is 1. The average molecular weight is 421 g/mol. The monoisotopic (exact) mass is 421 g/mol. The van der Waals surface area contributed by atoms with Gasteiger partial charge in [0.25, 0.3) is 5.69 Å². The molecule has 0 N–H and O–H groups in total. The molecule has 158 valence electrons. The highest BCUT2D eigenvalue weighted by Crippen LogP contribution is 2.71. The summed E-state index contributed by atoms with van der Waals surface area (Å²) in [5.41, 5.74) is 8.57. The van der Waals surface area contributed by atoms with Gasteiger partial charge in [0.15, 0.2) is 0 Å². The van der Waals surface area contributed by atoms with Crippen LogP contribution < -0.4 is 0 Å². The molecule has 6 atom stereocenters. The summed E-state index contributed by atoms with van der Waals surface area (Å²) in [6.07, 6.45) is 5.39. The highest BCUT2D eigenvalue weighted by molar-refractivity contribution is 6.05. The van der Waals surface area contributed by atoms with Gasteiger partial charge in [-0.05, 0) is 99.6 Å². The maximum Gasteiger partial charge on any atom is 0.269 e. The summed E-state index contributed by atoms with van der Waals surface area (Å²) in [5.74, 6) is 1.90. The molecule has 4 heteroatoms. The number of hydrogen-bond acceptors (Lipinski definition) is 3. The van der Waals surface area contributed by atoms with E-state index in [1.807, 2.05) is 6.07 Å². The zero-order valence-corrected chi connectivity index (χ0v) is 17.7. The van der Waals surface area contributed by atoms with Crippen LogP contribution >= 0.6 is 0 Å². The van der Waals surface area contributed by atoms with Crippen LogP contribution in [0.1, 0.15) is 47.4 Å². The number of ether oxygens (including phenoxy) is 1. The number of fused-ring (bicyclic) bond motifs is 13. The summed E-state index contributed by atoms with van der Waals surface area (Å²) in [5, 5.41) is 14.2. The van der Waals surface area contributed by atoms with Crippen molar-refractivity contribution in [1.82, 2.24) is 0 Å². The standard InChI is InChI=1S/C28H23NO3/c30-29(31)16-10-11-18-20(12-16)25-21-13-22(28-27(21)32-28)26(25)24(18)19-7-3-5-15-9-8-14-4-1-2-6-17(14)23(15)19/h1-2,4,6,8-12,21-22,25-28H,3,5,7,13H2/b24-19+/t21-,22+,25?,26?,27+,28-/m0/s1. The van der Waals surface area contributed by atoms with Gasteiger partial charge in [0.1, 0.15) is 0 Å². The highest BCUT2D eigenvalue weighted by atomic mass is 16.6. The molecule has 3 aromatic rings. The number of nitro groups is 1. The van der Waals surface area contributed by atoms with Crippen molar-refractivity contribution in [3.05, 3.63) is 87.0 Å². The first-order valence-corrected chi connectivity index (χ1v) is 11.9. The molecule has 2 unspecified atom stereocenters. The molecule has 1 heterocycles. The molecular weight excluding hydrogens is 398 g/mol. The van der Waals surface area contributed by atoms with Crippen molar-refractivity contribution in [3.63, 3.8) is 0 Å². The smallest absolute Gasteiger partial charge is 0.269 e. The number of rotatable bonds is 1. The van der Waals surface area contributed by atoms with E-state index in [0.717, 1.165) is 12.8 Å². The van der Waals surface area contributed by atoms with Crippen molar-refractivity contribution >= 4 is 27.6 Å². The molecule has 0 radical (unpaired) electrons. The first kappa shape index (κ1) is 17.6. The molecule has 3 aromatic carbocycles. The quantitative estimate of drug-likeness (QED) is 0.270. The van der Waals surface area contributed by atoms with Gasteiger partial charge >= 0.3 is 0 Å². The minimum absolute atomic E-state index is 0.222. The number of non-ortho nitro benzene ring substituents is 1. The third kappa shape index (κ3) is 2.07.